The van der Waals surface area contributed by atoms with E-state index in [1.165, 1.54) is 0 Å². The molecule has 1 saturated heterocycles. The molecular weight excluding hydrogens is 314 g/mol. The number of rotatable bonds is 7. The first-order valence-electron chi connectivity index (χ1n) is 8.14. The summed E-state index contributed by atoms with van der Waals surface area (Å²) in [4.78, 5) is 14.3. The first kappa shape index (κ1) is 19.9. The van der Waals surface area contributed by atoms with Gasteiger partial charge in [-0.2, -0.15) is 0 Å². The predicted molar refractivity (Wildman–Crippen MR) is 94.8 cm³/mol. The highest BCUT2D eigenvalue weighted by molar-refractivity contribution is 5.85. The summed E-state index contributed by atoms with van der Waals surface area (Å²) in [7, 11) is 0. The molecule has 0 unspecified atom stereocenters. The molecule has 23 heavy (non-hydrogen) atoms. The van der Waals surface area contributed by atoms with Crippen LogP contribution in [0.25, 0.3) is 0 Å². The Hall–Kier alpha value is -1.14. The molecule has 0 spiro atoms. The van der Waals surface area contributed by atoms with Gasteiger partial charge in [-0.25, -0.2) is 0 Å². The molecule has 1 aromatic rings. The number of nitrogens with one attached hydrogen (secondary N) is 2. The van der Waals surface area contributed by atoms with Gasteiger partial charge in [0.25, 0.3) is 0 Å². The van der Waals surface area contributed by atoms with Gasteiger partial charge in [0.1, 0.15) is 0 Å². The smallest absolute Gasteiger partial charge is 0.234 e. The molecule has 5 nitrogen and oxygen atoms in total. The molecule has 0 aliphatic carbocycles. The molecule has 1 aliphatic heterocycles. The fourth-order valence-corrected chi connectivity index (χ4v) is 2.60. The van der Waals surface area contributed by atoms with E-state index in [4.69, 9.17) is 4.74 Å². The van der Waals surface area contributed by atoms with E-state index >= 15 is 0 Å². The lowest BCUT2D eigenvalue weighted by molar-refractivity contribution is -0.122. The van der Waals surface area contributed by atoms with Crippen molar-refractivity contribution >= 4 is 18.3 Å². The topological polar surface area (TPSA) is 53.6 Å². The first-order valence-corrected chi connectivity index (χ1v) is 8.14. The minimum absolute atomic E-state index is 0. The molecule has 0 saturated carbocycles. The van der Waals surface area contributed by atoms with Crippen molar-refractivity contribution in [1.29, 1.82) is 0 Å². The normalized spacial score (nSPS) is 15.5. The first-order chi connectivity index (χ1) is 10.8. The van der Waals surface area contributed by atoms with Gasteiger partial charge in [-0.15, -0.1) is 12.4 Å². The summed E-state index contributed by atoms with van der Waals surface area (Å²) < 4.78 is 5.47. The Labute approximate surface area is 145 Å². The zero-order valence-electron chi connectivity index (χ0n) is 13.8. The molecule has 0 atom stereocenters. The van der Waals surface area contributed by atoms with Crippen molar-refractivity contribution in [2.24, 2.45) is 0 Å². The van der Waals surface area contributed by atoms with E-state index in [-0.39, 0.29) is 18.3 Å². The summed E-state index contributed by atoms with van der Waals surface area (Å²) >= 11 is 0. The average Bonchev–Trinajstić information content (AvgIpc) is 2.80. The molecule has 0 aromatic heterocycles. The molecule has 1 aliphatic rings. The Bertz CT molecular complexity index is 463. The number of halogens is 1. The molecular formula is C17H28ClN3O2. The zero-order valence-corrected chi connectivity index (χ0v) is 14.7. The van der Waals surface area contributed by atoms with E-state index < -0.39 is 0 Å². The summed E-state index contributed by atoms with van der Waals surface area (Å²) in [6.45, 7) is 8.26. The van der Waals surface area contributed by atoms with Gasteiger partial charge < -0.3 is 15.4 Å². The number of carbonyl (C=O) groups excluding carboxylic acids is 1. The minimum Gasteiger partial charge on any atom is -0.377 e. The average molecular weight is 342 g/mol. The summed E-state index contributed by atoms with van der Waals surface area (Å²) in [5, 5.41) is 6.37. The maximum Gasteiger partial charge on any atom is 0.234 e. The largest absolute Gasteiger partial charge is 0.377 e. The molecule has 1 heterocycles. The SMILES string of the molecule is CCOCc1ccccc1CNC(=O)CN1CCCNCC1.Cl. The quantitative estimate of drug-likeness (QED) is 0.790. The van der Waals surface area contributed by atoms with Crippen LogP contribution in [0.2, 0.25) is 0 Å². The standard InChI is InChI=1S/C17H27N3O2.ClH/c1-2-22-14-16-7-4-3-6-15(16)12-19-17(21)13-20-10-5-8-18-9-11-20;/h3-4,6-7,18H,2,5,8-14H2,1H3,(H,19,21);1H. The number of hydrogen-bond donors (Lipinski definition) is 2. The van der Waals surface area contributed by atoms with E-state index in [9.17, 15) is 4.79 Å². The third kappa shape index (κ3) is 7.31. The van der Waals surface area contributed by atoms with Crippen molar-refractivity contribution in [3.05, 3.63) is 35.4 Å². The third-order valence-electron chi connectivity index (χ3n) is 3.86. The van der Waals surface area contributed by atoms with E-state index in [0.29, 0.717) is 26.3 Å². The van der Waals surface area contributed by atoms with Gasteiger partial charge in [0.05, 0.1) is 13.2 Å². The lowest BCUT2D eigenvalue weighted by atomic mass is 10.1. The second-order valence-electron chi connectivity index (χ2n) is 5.56. The molecule has 2 N–H and O–H groups in total. The van der Waals surface area contributed by atoms with Crippen LogP contribution in [0.3, 0.4) is 0 Å². The molecule has 2 rings (SSSR count). The second kappa shape index (κ2) is 11.4. The van der Waals surface area contributed by atoms with Crippen molar-refractivity contribution in [2.75, 3.05) is 39.3 Å². The lowest BCUT2D eigenvalue weighted by Crippen LogP contribution is -2.38. The van der Waals surface area contributed by atoms with Gasteiger partial charge in [-0.1, -0.05) is 24.3 Å². The number of ether oxygens (including phenoxy) is 1. The number of benzene rings is 1. The van der Waals surface area contributed by atoms with Crippen LogP contribution in [-0.2, 0) is 22.7 Å². The van der Waals surface area contributed by atoms with Crippen molar-refractivity contribution in [2.45, 2.75) is 26.5 Å². The summed E-state index contributed by atoms with van der Waals surface area (Å²) in [6, 6.07) is 8.10. The number of hydrogen-bond acceptors (Lipinski definition) is 4. The summed E-state index contributed by atoms with van der Waals surface area (Å²) in [5.74, 6) is 0.0908. The van der Waals surface area contributed by atoms with Gasteiger partial charge in [-0.3, -0.25) is 9.69 Å². The number of carbonyl (C=O) groups is 1. The van der Waals surface area contributed by atoms with Gasteiger partial charge >= 0.3 is 0 Å². The Balaban J connectivity index is 0.00000264. The van der Waals surface area contributed by atoms with E-state index in [2.05, 4.69) is 21.6 Å². The predicted octanol–water partition coefficient (Wildman–Crippen LogP) is 1.56. The summed E-state index contributed by atoms with van der Waals surface area (Å²) in [5.41, 5.74) is 2.27. The van der Waals surface area contributed by atoms with Crippen LogP contribution in [0.1, 0.15) is 24.5 Å². The van der Waals surface area contributed by atoms with Crippen LogP contribution < -0.4 is 10.6 Å². The Kier molecular flexibility index (Phi) is 9.87. The Morgan fingerprint density at radius 3 is 2.83 bits per heavy atom. The highest BCUT2D eigenvalue weighted by Crippen LogP contribution is 2.10. The summed E-state index contributed by atoms with van der Waals surface area (Å²) in [6.07, 6.45) is 1.10. The number of nitrogens with zero attached hydrogens (tertiary/aromatic N) is 1. The lowest BCUT2D eigenvalue weighted by Gasteiger charge is -2.19. The van der Waals surface area contributed by atoms with E-state index in [1.54, 1.807) is 0 Å². The monoisotopic (exact) mass is 341 g/mol. The molecule has 130 valence electrons. The molecule has 1 amide bonds. The van der Waals surface area contributed by atoms with E-state index in [0.717, 1.165) is 43.7 Å². The third-order valence-corrected chi connectivity index (χ3v) is 3.86. The van der Waals surface area contributed by atoms with Crippen LogP contribution in [-0.4, -0.2) is 50.1 Å². The molecule has 0 radical (unpaired) electrons. The fourth-order valence-electron chi connectivity index (χ4n) is 2.60. The van der Waals surface area contributed by atoms with Crippen molar-refractivity contribution in [3.8, 4) is 0 Å². The van der Waals surface area contributed by atoms with Crippen molar-refractivity contribution in [3.63, 3.8) is 0 Å². The van der Waals surface area contributed by atoms with E-state index in [1.807, 2.05) is 25.1 Å². The van der Waals surface area contributed by atoms with Gasteiger partial charge in [-0.05, 0) is 37.6 Å². The Morgan fingerprint density at radius 2 is 2.04 bits per heavy atom. The van der Waals surface area contributed by atoms with Crippen molar-refractivity contribution < 1.29 is 9.53 Å². The fraction of sp³-hybridized carbons (Fsp3) is 0.588. The van der Waals surface area contributed by atoms with Crippen LogP contribution >= 0.6 is 12.4 Å². The maximum atomic E-state index is 12.1. The van der Waals surface area contributed by atoms with Crippen LogP contribution in [0.5, 0.6) is 0 Å². The van der Waals surface area contributed by atoms with Crippen LogP contribution in [0.4, 0.5) is 0 Å². The molecule has 6 heteroatoms. The maximum absolute atomic E-state index is 12.1. The highest BCUT2D eigenvalue weighted by atomic mass is 35.5. The van der Waals surface area contributed by atoms with Gasteiger partial charge in [0, 0.05) is 26.2 Å². The highest BCUT2D eigenvalue weighted by Gasteiger charge is 2.12. The van der Waals surface area contributed by atoms with Crippen LogP contribution in [0, 0.1) is 0 Å². The van der Waals surface area contributed by atoms with Gasteiger partial charge in [0.15, 0.2) is 0 Å². The second-order valence-corrected chi connectivity index (χ2v) is 5.56. The molecule has 1 fully saturated rings. The minimum atomic E-state index is 0. The van der Waals surface area contributed by atoms with Crippen LogP contribution in [0.15, 0.2) is 24.3 Å². The molecule has 1 aromatic carbocycles. The van der Waals surface area contributed by atoms with Crippen molar-refractivity contribution in [1.82, 2.24) is 15.5 Å². The Morgan fingerprint density at radius 1 is 1.26 bits per heavy atom. The number of amides is 1. The molecule has 0 bridgehead atoms. The van der Waals surface area contributed by atoms with Gasteiger partial charge in [0.2, 0.25) is 5.91 Å². The zero-order chi connectivity index (χ0) is 15.6.